The average molecular weight is 243 g/mol. The number of carbonyl (C=O) groups is 3. The van der Waals surface area contributed by atoms with Crippen LogP contribution in [0.3, 0.4) is 0 Å². The van der Waals surface area contributed by atoms with Crippen molar-refractivity contribution in [2.45, 2.75) is 25.8 Å². The van der Waals surface area contributed by atoms with E-state index in [0.29, 0.717) is 19.0 Å². The summed E-state index contributed by atoms with van der Waals surface area (Å²) in [6.45, 7) is 3.23. The summed E-state index contributed by atoms with van der Waals surface area (Å²) in [5.74, 6) is -1.60. The molecule has 1 aliphatic heterocycles. The van der Waals surface area contributed by atoms with Crippen LogP contribution in [-0.4, -0.2) is 47.0 Å². The zero-order valence-electron chi connectivity index (χ0n) is 9.68. The van der Waals surface area contributed by atoms with Gasteiger partial charge in [0.05, 0.1) is 6.42 Å². The summed E-state index contributed by atoms with van der Waals surface area (Å²) in [6.07, 6.45) is 0.505. The van der Waals surface area contributed by atoms with E-state index in [1.54, 1.807) is 4.90 Å². The first-order chi connectivity index (χ1) is 7.90. The predicted octanol–water partition coefficient (Wildman–Crippen LogP) is -0.634. The second kappa shape index (κ2) is 5.51. The number of hydrogen-bond donors (Lipinski definition) is 3. The summed E-state index contributed by atoms with van der Waals surface area (Å²) in [5, 5.41) is 11.1. The fraction of sp³-hybridized carbons (Fsp3) is 0.700. The van der Waals surface area contributed by atoms with Crippen molar-refractivity contribution in [2.24, 2.45) is 11.7 Å². The number of carboxylic acids is 1. The molecule has 0 spiro atoms. The molecular formula is C10H17N3O4. The average Bonchev–Trinajstić information content (AvgIpc) is 2.63. The third-order valence-electron chi connectivity index (χ3n) is 2.71. The van der Waals surface area contributed by atoms with Crippen LogP contribution < -0.4 is 11.1 Å². The molecule has 0 saturated carbocycles. The molecule has 2 atom stereocenters. The molecule has 1 heterocycles. The molecule has 0 radical (unpaired) electrons. The zero-order valence-corrected chi connectivity index (χ0v) is 9.68. The maximum atomic E-state index is 11.7. The van der Waals surface area contributed by atoms with Gasteiger partial charge in [0.2, 0.25) is 5.91 Å². The van der Waals surface area contributed by atoms with Crippen molar-refractivity contribution >= 4 is 17.9 Å². The van der Waals surface area contributed by atoms with Crippen LogP contribution in [0.5, 0.6) is 0 Å². The van der Waals surface area contributed by atoms with Crippen LogP contribution in [0.25, 0.3) is 0 Å². The normalized spacial score (nSPS) is 21.0. The lowest BCUT2D eigenvalue weighted by Gasteiger charge is -2.20. The maximum Gasteiger partial charge on any atom is 0.326 e. The summed E-state index contributed by atoms with van der Waals surface area (Å²) < 4.78 is 0. The smallest absolute Gasteiger partial charge is 0.326 e. The van der Waals surface area contributed by atoms with E-state index in [0.717, 1.165) is 6.42 Å². The number of nitrogens with one attached hydrogen (secondary N) is 1. The van der Waals surface area contributed by atoms with Crippen molar-refractivity contribution in [1.82, 2.24) is 10.2 Å². The minimum absolute atomic E-state index is 0.398. The van der Waals surface area contributed by atoms with Crippen LogP contribution in [-0.2, 0) is 9.59 Å². The van der Waals surface area contributed by atoms with Gasteiger partial charge >= 0.3 is 12.0 Å². The lowest BCUT2D eigenvalue weighted by atomic mass is 10.2. The molecule has 0 aromatic heterocycles. The monoisotopic (exact) mass is 243 g/mol. The van der Waals surface area contributed by atoms with Crippen LogP contribution in [0.1, 0.15) is 19.8 Å². The summed E-state index contributed by atoms with van der Waals surface area (Å²) >= 11 is 0. The highest BCUT2D eigenvalue weighted by Crippen LogP contribution is 2.14. The molecule has 1 unspecified atom stereocenters. The molecule has 1 fully saturated rings. The van der Waals surface area contributed by atoms with E-state index in [1.807, 2.05) is 6.92 Å². The van der Waals surface area contributed by atoms with E-state index < -0.39 is 30.4 Å². The van der Waals surface area contributed by atoms with Gasteiger partial charge in [-0.2, -0.15) is 0 Å². The molecule has 1 rings (SSSR count). The molecule has 0 aromatic carbocycles. The number of amides is 3. The highest BCUT2D eigenvalue weighted by Gasteiger charge is 2.28. The van der Waals surface area contributed by atoms with Gasteiger partial charge in [-0.1, -0.05) is 6.92 Å². The number of primary amides is 1. The number of rotatable bonds is 4. The number of aliphatic carboxylic acids is 1. The van der Waals surface area contributed by atoms with E-state index in [2.05, 4.69) is 5.32 Å². The van der Waals surface area contributed by atoms with Gasteiger partial charge in [-0.25, -0.2) is 9.59 Å². The Morgan fingerprint density at radius 3 is 2.59 bits per heavy atom. The SMILES string of the molecule is CC1CCN(C(=O)N[C@@H](CC(N)=O)C(=O)O)C1. The Bertz CT molecular complexity index is 332. The van der Waals surface area contributed by atoms with E-state index in [4.69, 9.17) is 10.8 Å². The molecule has 0 aromatic rings. The third kappa shape index (κ3) is 3.93. The lowest BCUT2D eigenvalue weighted by molar-refractivity contribution is -0.140. The second-order valence-electron chi connectivity index (χ2n) is 4.35. The highest BCUT2D eigenvalue weighted by molar-refractivity contribution is 5.87. The molecule has 7 nitrogen and oxygen atoms in total. The molecule has 4 N–H and O–H groups in total. The Morgan fingerprint density at radius 1 is 1.53 bits per heavy atom. The van der Waals surface area contributed by atoms with Gasteiger partial charge in [0.15, 0.2) is 0 Å². The fourth-order valence-corrected chi connectivity index (χ4v) is 1.76. The quantitative estimate of drug-likeness (QED) is 0.609. The Morgan fingerprint density at radius 2 is 2.18 bits per heavy atom. The Labute approximate surface area is 98.9 Å². The van der Waals surface area contributed by atoms with E-state index in [-0.39, 0.29) is 0 Å². The van der Waals surface area contributed by atoms with Crippen molar-refractivity contribution in [3.05, 3.63) is 0 Å². The largest absolute Gasteiger partial charge is 0.480 e. The molecule has 1 saturated heterocycles. The Balaban J connectivity index is 2.52. The zero-order chi connectivity index (χ0) is 13.0. The number of nitrogens with two attached hydrogens (primary N) is 1. The number of urea groups is 1. The molecular weight excluding hydrogens is 226 g/mol. The van der Waals surface area contributed by atoms with Crippen molar-refractivity contribution in [2.75, 3.05) is 13.1 Å². The number of nitrogens with zero attached hydrogens (tertiary/aromatic N) is 1. The first kappa shape index (κ1) is 13.3. The fourth-order valence-electron chi connectivity index (χ4n) is 1.76. The molecule has 0 aliphatic carbocycles. The molecule has 7 heteroatoms. The van der Waals surface area contributed by atoms with Gasteiger partial charge in [-0.05, 0) is 12.3 Å². The topological polar surface area (TPSA) is 113 Å². The van der Waals surface area contributed by atoms with E-state index in [1.165, 1.54) is 0 Å². The van der Waals surface area contributed by atoms with Gasteiger partial charge < -0.3 is 21.1 Å². The van der Waals surface area contributed by atoms with Gasteiger partial charge in [-0.15, -0.1) is 0 Å². The summed E-state index contributed by atoms with van der Waals surface area (Å²) in [4.78, 5) is 34.7. The van der Waals surface area contributed by atoms with Crippen molar-refractivity contribution in [1.29, 1.82) is 0 Å². The number of likely N-dealkylation sites (tertiary alicyclic amines) is 1. The third-order valence-corrected chi connectivity index (χ3v) is 2.71. The molecule has 96 valence electrons. The predicted molar refractivity (Wildman–Crippen MR) is 59.1 cm³/mol. The maximum absolute atomic E-state index is 11.7. The van der Waals surface area contributed by atoms with Crippen molar-refractivity contribution in [3.8, 4) is 0 Å². The molecule has 1 aliphatic rings. The summed E-state index contributed by atoms with van der Waals surface area (Å²) in [6, 6.07) is -1.71. The summed E-state index contributed by atoms with van der Waals surface area (Å²) in [7, 11) is 0. The second-order valence-corrected chi connectivity index (χ2v) is 4.35. The minimum Gasteiger partial charge on any atom is -0.480 e. The lowest BCUT2D eigenvalue weighted by Crippen LogP contribution is -2.48. The Kier molecular flexibility index (Phi) is 4.30. The van der Waals surface area contributed by atoms with Crippen molar-refractivity contribution in [3.63, 3.8) is 0 Å². The number of carboxylic acid groups (broad SMARTS) is 1. The highest BCUT2D eigenvalue weighted by atomic mass is 16.4. The van der Waals surface area contributed by atoms with Crippen LogP contribution >= 0.6 is 0 Å². The first-order valence-electron chi connectivity index (χ1n) is 5.46. The molecule has 0 bridgehead atoms. The van der Waals surface area contributed by atoms with Gasteiger partial charge in [0.1, 0.15) is 6.04 Å². The van der Waals surface area contributed by atoms with E-state index in [9.17, 15) is 14.4 Å². The van der Waals surface area contributed by atoms with E-state index >= 15 is 0 Å². The van der Waals surface area contributed by atoms with Gasteiger partial charge in [0.25, 0.3) is 0 Å². The summed E-state index contributed by atoms with van der Waals surface area (Å²) in [5.41, 5.74) is 4.92. The van der Waals surface area contributed by atoms with Crippen LogP contribution in [0.4, 0.5) is 4.79 Å². The minimum atomic E-state index is -1.26. The van der Waals surface area contributed by atoms with Crippen LogP contribution in [0.2, 0.25) is 0 Å². The van der Waals surface area contributed by atoms with Crippen LogP contribution in [0.15, 0.2) is 0 Å². The first-order valence-corrected chi connectivity index (χ1v) is 5.46. The Hall–Kier alpha value is -1.79. The van der Waals surface area contributed by atoms with Crippen LogP contribution in [0, 0.1) is 5.92 Å². The number of carbonyl (C=O) groups excluding carboxylic acids is 2. The van der Waals surface area contributed by atoms with Gasteiger partial charge in [-0.3, -0.25) is 4.79 Å². The number of hydrogen-bond acceptors (Lipinski definition) is 3. The standard InChI is InChI=1S/C10H17N3O4/c1-6-2-3-13(5-6)10(17)12-7(9(15)16)4-8(11)14/h6-7H,2-5H2,1H3,(H2,11,14)(H,12,17)(H,15,16)/t6?,7-/m0/s1. The van der Waals surface area contributed by atoms with Crippen molar-refractivity contribution < 1.29 is 19.5 Å². The molecule has 17 heavy (non-hydrogen) atoms. The molecule has 3 amide bonds. The van der Waals surface area contributed by atoms with Gasteiger partial charge in [0, 0.05) is 13.1 Å².